The van der Waals surface area contributed by atoms with Gasteiger partial charge < -0.3 is 30.1 Å². The highest BCUT2D eigenvalue weighted by atomic mass is 16.5. The summed E-state index contributed by atoms with van der Waals surface area (Å²) in [5, 5.41) is 34.6. The molecule has 0 spiro atoms. The lowest BCUT2D eigenvalue weighted by atomic mass is 9.62. The van der Waals surface area contributed by atoms with Crippen molar-refractivity contribution in [1.82, 2.24) is 5.32 Å². The third-order valence-corrected chi connectivity index (χ3v) is 11.0. The van der Waals surface area contributed by atoms with Crippen molar-refractivity contribution in [2.75, 3.05) is 26.9 Å². The van der Waals surface area contributed by atoms with Gasteiger partial charge in [0.05, 0.1) is 47.3 Å². The number of allylic oxidation sites excluding steroid dienone is 15. The van der Waals surface area contributed by atoms with Crippen LogP contribution < -0.4 is 5.32 Å². The van der Waals surface area contributed by atoms with Gasteiger partial charge in [0.15, 0.2) is 12.1 Å². The molecule has 0 saturated carbocycles. The highest BCUT2D eigenvalue weighted by Gasteiger charge is 2.52. The van der Waals surface area contributed by atoms with E-state index in [9.17, 15) is 34.5 Å². The Balaban J connectivity index is 1.64. The number of esters is 2. The van der Waals surface area contributed by atoms with E-state index < -0.39 is 42.1 Å². The van der Waals surface area contributed by atoms with Crippen molar-refractivity contribution in [3.05, 3.63) is 128 Å². The molecule has 13 heteroatoms. The first kappa shape index (κ1) is 39.6. The summed E-state index contributed by atoms with van der Waals surface area (Å²) >= 11 is 0. The van der Waals surface area contributed by atoms with E-state index in [2.05, 4.69) is 11.9 Å². The minimum Gasteiger partial charge on any atom is -0.510 e. The number of ketones is 1. The summed E-state index contributed by atoms with van der Waals surface area (Å²) in [4.78, 5) is 64.6. The molecule has 8 bridgehead atoms. The molecule has 0 amide bonds. The summed E-state index contributed by atoms with van der Waals surface area (Å²) < 4.78 is 9.98. The molecule has 4 N–H and O–H groups in total. The van der Waals surface area contributed by atoms with Crippen molar-refractivity contribution in [2.24, 2.45) is 26.3 Å². The minimum atomic E-state index is -1.20. The molecule has 0 aromatic heterocycles. The zero-order chi connectivity index (χ0) is 40.5. The van der Waals surface area contributed by atoms with Gasteiger partial charge in [0.1, 0.15) is 25.6 Å². The predicted molar refractivity (Wildman–Crippen MR) is 210 cm³/mol. The van der Waals surface area contributed by atoms with Crippen molar-refractivity contribution in [3.63, 3.8) is 0 Å². The lowest BCUT2D eigenvalue weighted by Gasteiger charge is -2.39. The largest absolute Gasteiger partial charge is 0.510 e. The maximum Gasteiger partial charge on any atom is 0.306 e. The smallest absolute Gasteiger partial charge is 0.306 e. The first-order valence-electron chi connectivity index (χ1n) is 18.2. The number of methoxy groups -OCH3 is 1. The van der Waals surface area contributed by atoms with Crippen LogP contribution in [0.2, 0.25) is 0 Å². The van der Waals surface area contributed by atoms with Crippen LogP contribution in [-0.2, 0) is 28.7 Å². The predicted octanol–water partition coefficient (Wildman–Crippen LogP) is 4.93. The van der Waals surface area contributed by atoms with E-state index in [1.807, 2.05) is 52.0 Å². The van der Waals surface area contributed by atoms with E-state index in [1.54, 1.807) is 18.2 Å². The van der Waals surface area contributed by atoms with Gasteiger partial charge in [-0.3, -0.25) is 19.2 Å². The van der Waals surface area contributed by atoms with Gasteiger partial charge in [-0.1, -0.05) is 24.8 Å². The fourth-order valence-corrected chi connectivity index (χ4v) is 7.97. The molecule has 2 atom stereocenters. The number of fused-ring (bicyclic) bond motifs is 7. The number of hydrogen-bond donors (Lipinski definition) is 4. The van der Waals surface area contributed by atoms with Gasteiger partial charge in [-0.2, -0.15) is 0 Å². The maximum absolute atomic E-state index is 13.7. The number of aliphatic hydroxyl groups excluding tert-OH is 3. The van der Waals surface area contributed by atoms with Gasteiger partial charge in [0.2, 0.25) is 0 Å². The van der Waals surface area contributed by atoms with E-state index in [-0.39, 0.29) is 37.4 Å². The molecule has 6 aliphatic rings. The summed E-state index contributed by atoms with van der Waals surface area (Å²) in [5.41, 5.74) is 9.02. The van der Waals surface area contributed by atoms with Crippen molar-refractivity contribution in [1.29, 1.82) is 0 Å². The van der Waals surface area contributed by atoms with Crippen LogP contribution >= 0.6 is 0 Å². The van der Waals surface area contributed by atoms with Crippen LogP contribution in [0.4, 0.5) is 0 Å². The Morgan fingerprint density at radius 2 is 1.52 bits per heavy atom. The number of nitrogens with one attached hydrogen (secondary N) is 1. The topological polar surface area (TPSA) is 197 Å². The Kier molecular flexibility index (Phi) is 11.3. The van der Waals surface area contributed by atoms with Gasteiger partial charge in [-0.15, -0.1) is 0 Å². The SMILES string of the molecule is C=CC1=C(C)C2=CC3=C4C=CC(=C(O)CO)[C@@H](C(=O)CO)[C@@]4(C)C(=CC4=NC(=CC5=NC(=CC1=N2)C(C)=C5CCC(=O)OC)C(CCC(=O)OCC=O)=C4C)N3. The van der Waals surface area contributed by atoms with Crippen molar-refractivity contribution >= 4 is 41.1 Å². The van der Waals surface area contributed by atoms with Gasteiger partial charge in [-0.25, -0.2) is 15.0 Å². The zero-order valence-electron chi connectivity index (χ0n) is 32.0. The normalized spacial score (nSPS) is 23.4. The summed E-state index contributed by atoms with van der Waals surface area (Å²) in [7, 11) is 1.34. The van der Waals surface area contributed by atoms with Gasteiger partial charge >= 0.3 is 11.9 Å². The number of ether oxygens (including phenoxy) is 2. The third kappa shape index (κ3) is 6.99. The molecule has 0 unspecified atom stereocenters. The molecule has 0 aromatic rings. The van der Waals surface area contributed by atoms with Crippen LogP contribution in [0.5, 0.6) is 0 Å². The lowest BCUT2D eigenvalue weighted by molar-refractivity contribution is -0.145. The average molecular weight is 761 g/mol. The van der Waals surface area contributed by atoms with Crippen LogP contribution in [-0.4, -0.2) is 83.4 Å². The van der Waals surface area contributed by atoms with E-state index in [0.717, 1.165) is 27.9 Å². The molecule has 290 valence electrons. The quantitative estimate of drug-likeness (QED) is 0.120. The molecule has 0 radical (unpaired) electrons. The third-order valence-electron chi connectivity index (χ3n) is 11.0. The number of hydrogen-bond acceptors (Lipinski definition) is 13. The summed E-state index contributed by atoms with van der Waals surface area (Å²) in [6.45, 7) is 9.75. The first-order valence-corrected chi connectivity index (χ1v) is 18.2. The van der Waals surface area contributed by atoms with E-state index in [0.29, 0.717) is 69.5 Å². The first-order chi connectivity index (χ1) is 26.8. The van der Waals surface area contributed by atoms with Crippen LogP contribution in [0, 0.1) is 11.3 Å². The number of aliphatic imine (C=N–C) groups is 3. The second-order valence-corrected chi connectivity index (χ2v) is 14.1. The standard InChI is InChI=1S/C43H44N4O9/c1-7-25-22(2)31-17-36-29-11-8-28(37(51)20-49)42(38(52)21-50)43(29,5)39(47-36)19-32-24(4)27(10-13-41(54)56-15-14-48)35(46-32)18-34-26(9-12-40(53)55-6)23(3)30(45-34)16-33(25)44-31/h7-8,11,14,16-19,42,47,49-51H,1,9-10,12-13,15,20-21H2,2-6H3/t42-,43+/m0/s1. The zero-order valence-corrected chi connectivity index (χ0v) is 32.0. The molecule has 0 aromatic carbocycles. The average Bonchev–Trinajstić information content (AvgIpc) is 3.85. The fraction of sp³-hybridized carbons (Fsp3) is 0.326. The lowest BCUT2D eigenvalue weighted by Crippen LogP contribution is -2.41. The Bertz CT molecular complexity index is 2280. The summed E-state index contributed by atoms with van der Waals surface area (Å²) in [6.07, 6.45) is 13.6. The molecular weight excluding hydrogens is 716 g/mol. The second-order valence-electron chi connectivity index (χ2n) is 14.1. The Morgan fingerprint density at radius 3 is 2.20 bits per heavy atom. The van der Waals surface area contributed by atoms with Crippen LogP contribution in [0.25, 0.3) is 0 Å². The number of aldehydes is 1. The second kappa shape index (κ2) is 16.0. The van der Waals surface area contributed by atoms with E-state index >= 15 is 0 Å². The highest BCUT2D eigenvalue weighted by molar-refractivity contribution is 6.18. The van der Waals surface area contributed by atoms with Crippen molar-refractivity contribution in [2.45, 2.75) is 53.4 Å². The number of Topliss-reactive ketones (excluding diaryl/α,β-unsaturated/α-hetero) is 1. The molecular formula is C43H44N4O9. The summed E-state index contributed by atoms with van der Waals surface area (Å²) in [6, 6.07) is 0. The van der Waals surface area contributed by atoms with Gasteiger partial charge in [0.25, 0.3) is 0 Å². The molecule has 5 heterocycles. The minimum absolute atomic E-state index is 0.0411. The van der Waals surface area contributed by atoms with Crippen molar-refractivity contribution in [3.8, 4) is 0 Å². The Morgan fingerprint density at radius 1 is 0.857 bits per heavy atom. The number of nitrogens with zero attached hydrogens (tertiary/aromatic N) is 3. The fourth-order valence-electron chi connectivity index (χ4n) is 7.97. The number of aliphatic hydroxyl groups is 3. The molecule has 13 nitrogen and oxygen atoms in total. The van der Waals surface area contributed by atoms with Gasteiger partial charge in [-0.05, 0) is 98.3 Å². The Hall–Kier alpha value is -6.05. The molecule has 0 saturated heterocycles. The Labute approximate surface area is 324 Å². The number of carbonyl (C=O) groups excluding carboxylic acids is 4. The number of carbonyl (C=O) groups is 4. The molecule has 6 rings (SSSR count). The van der Waals surface area contributed by atoms with E-state index in [4.69, 9.17) is 24.5 Å². The van der Waals surface area contributed by atoms with Crippen LogP contribution in [0.3, 0.4) is 0 Å². The monoisotopic (exact) mass is 760 g/mol. The molecule has 1 aliphatic carbocycles. The van der Waals surface area contributed by atoms with Crippen molar-refractivity contribution < 1.29 is 44.0 Å². The number of rotatable bonds is 12. The van der Waals surface area contributed by atoms with Crippen LogP contribution in [0.15, 0.2) is 143 Å². The van der Waals surface area contributed by atoms with Gasteiger partial charge in [0, 0.05) is 40.8 Å². The van der Waals surface area contributed by atoms with Crippen LogP contribution in [0.1, 0.15) is 53.4 Å². The maximum atomic E-state index is 13.7. The molecule has 0 fully saturated rings. The molecule has 5 aliphatic heterocycles. The summed E-state index contributed by atoms with van der Waals surface area (Å²) in [5.74, 6) is -3.00. The van der Waals surface area contributed by atoms with E-state index in [1.165, 1.54) is 7.11 Å². The highest BCUT2D eigenvalue weighted by Crippen LogP contribution is 2.54. The molecule has 56 heavy (non-hydrogen) atoms.